The average Bonchev–Trinajstić information content (AvgIpc) is 2.97. The molecule has 0 aliphatic carbocycles. The Kier molecular flexibility index (Phi) is 9.12. The Morgan fingerprint density at radius 2 is 1.87 bits per heavy atom. The number of hydrogen-bond acceptors (Lipinski definition) is 6. The molecule has 2 aromatic carbocycles. The number of rotatable bonds is 9. The first-order chi connectivity index (χ1) is 19.1. The zero-order valence-corrected chi connectivity index (χ0v) is 23.3. The second kappa shape index (κ2) is 13.1. The van der Waals surface area contributed by atoms with Crippen molar-refractivity contribution in [1.29, 1.82) is 0 Å². The van der Waals surface area contributed by atoms with E-state index in [9.17, 15) is 4.79 Å². The minimum atomic E-state index is 0.102. The Labute approximate surface area is 232 Å². The summed E-state index contributed by atoms with van der Waals surface area (Å²) in [5.41, 5.74) is 4.46. The van der Waals surface area contributed by atoms with Crippen molar-refractivity contribution in [3.05, 3.63) is 84.2 Å². The molecule has 2 aliphatic rings. The smallest absolute Gasteiger partial charge is 0.224 e. The predicted octanol–water partition coefficient (Wildman–Crippen LogP) is 4.83. The molecular formula is C32H41N5O2. The lowest BCUT2D eigenvalue weighted by Gasteiger charge is -2.47. The van der Waals surface area contributed by atoms with Gasteiger partial charge in [-0.2, -0.15) is 0 Å². The Morgan fingerprint density at radius 3 is 2.64 bits per heavy atom. The fourth-order valence-corrected chi connectivity index (χ4v) is 6.20. The summed E-state index contributed by atoms with van der Waals surface area (Å²) in [5.74, 6) is 1.48. The molecule has 0 bridgehead atoms. The quantitative estimate of drug-likeness (QED) is 0.430. The Morgan fingerprint density at radius 1 is 1.03 bits per heavy atom. The van der Waals surface area contributed by atoms with Gasteiger partial charge in [-0.15, -0.1) is 0 Å². The van der Waals surface area contributed by atoms with Crippen LogP contribution in [0.5, 0.6) is 5.75 Å². The van der Waals surface area contributed by atoms with Crippen LogP contribution in [0.4, 0.5) is 11.4 Å². The van der Waals surface area contributed by atoms with Crippen molar-refractivity contribution >= 4 is 17.3 Å². The molecule has 206 valence electrons. The third-order valence-corrected chi connectivity index (χ3v) is 8.16. The van der Waals surface area contributed by atoms with Gasteiger partial charge in [0.15, 0.2) is 0 Å². The first-order valence-electron chi connectivity index (χ1n) is 14.2. The highest BCUT2D eigenvalue weighted by atomic mass is 16.5. The molecule has 0 radical (unpaired) electrons. The third-order valence-electron chi connectivity index (χ3n) is 8.16. The maximum absolute atomic E-state index is 12.9. The van der Waals surface area contributed by atoms with Crippen LogP contribution in [0.25, 0.3) is 0 Å². The molecule has 1 aromatic heterocycles. The summed E-state index contributed by atoms with van der Waals surface area (Å²) < 4.78 is 5.62. The van der Waals surface area contributed by atoms with E-state index in [0.29, 0.717) is 18.4 Å². The standard InChI is InChI=1S/C32H41N5O2/c1-25-7-5-9-28(21-25)34-32(38)13-12-27-24-35(23-26-8-6-15-33-22-26)16-14-29(27)36-17-19-37(20-18-36)30-10-3-4-11-31(30)39-2/h3-11,15,21-22,27,29H,12-14,16-20,23-24H2,1-2H3,(H,34,38)/t27-,29+/m0/s1. The van der Waals surface area contributed by atoms with Crippen molar-refractivity contribution in [3.8, 4) is 5.75 Å². The normalized spacial score (nSPS) is 20.5. The lowest BCUT2D eigenvalue weighted by atomic mass is 9.86. The summed E-state index contributed by atoms with van der Waals surface area (Å²) >= 11 is 0. The molecule has 39 heavy (non-hydrogen) atoms. The van der Waals surface area contributed by atoms with Gasteiger partial charge in [0.1, 0.15) is 5.75 Å². The van der Waals surface area contributed by atoms with E-state index in [2.05, 4.69) is 43.2 Å². The molecule has 1 amide bonds. The summed E-state index contributed by atoms with van der Waals surface area (Å²) in [4.78, 5) is 24.9. The molecule has 2 saturated heterocycles. The number of nitrogens with one attached hydrogen (secondary N) is 1. The van der Waals surface area contributed by atoms with Gasteiger partial charge < -0.3 is 15.0 Å². The van der Waals surface area contributed by atoms with Crippen LogP contribution in [0.2, 0.25) is 0 Å². The zero-order chi connectivity index (χ0) is 27.0. The molecule has 3 aromatic rings. The number of piperazine rings is 1. The third kappa shape index (κ3) is 7.16. The monoisotopic (exact) mass is 527 g/mol. The van der Waals surface area contributed by atoms with Gasteiger partial charge >= 0.3 is 0 Å². The Balaban J connectivity index is 1.23. The number of aromatic nitrogens is 1. The molecule has 2 atom stereocenters. The van der Waals surface area contributed by atoms with Crippen LogP contribution < -0.4 is 15.0 Å². The highest BCUT2D eigenvalue weighted by Gasteiger charge is 2.35. The van der Waals surface area contributed by atoms with Crippen molar-refractivity contribution < 1.29 is 9.53 Å². The largest absolute Gasteiger partial charge is 0.495 e. The van der Waals surface area contributed by atoms with Crippen molar-refractivity contribution in [1.82, 2.24) is 14.8 Å². The molecule has 3 heterocycles. The fourth-order valence-electron chi connectivity index (χ4n) is 6.20. The molecular weight excluding hydrogens is 486 g/mol. The van der Waals surface area contributed by atoms with E-state index < -0.39 is 0 Å². The van der Waals surface area contributed by atoms with Gasteiger partial charge in [-0.05, 0) is 73.7 Å². The minimum Gasteiger partial charge on any atom is -0.495 e. The summed E-state index contributed by atoms with van der Waals surface area (Å²) in [7, 11) is 1.74. The Bertz CT molecular complexity index is 1210. The number of para-hydroxylation sites is 2. The maximum Gasteiger partial charge on any atom is 0.224 e. The summed E-state index contributed by atoms with van der Waals surface area (Å²) in [5, 5.41) is 3.11. The van der Waals surface area contributed by atoms with Crippen LogP contribution in [-0.4, -0.2) is 73.1 Å². The molecule has 2 fully saturated rings. The summed E-state index contributed by atoms with van der Waals surface area (Å²) in [6.07, 6.45) is 6.35. The lowest BCUT2D eigenvalue weighted by molar-refractivity contribution is -0.116. The van der Waals surface area contributed by atoms with Crippen LogP contribution >= 0.6 is 0 Å². The second-order valence-corrected chi connectivity index (χ2v) is 10.9. The van der Waals surface area contributed by atoms with Crippen LogP contribution in [-0.2, 0) is 11.3 Å². The molecule has 0 saturated carbocycles. The number of amides is 1. The van der Waals surface area contributed by atoms with E-state index in [1.165, 1.54) is 11.3 Å². The summed E-state index contributed by atoms with van der Waals surface area (Å²) in [6, 6.07) is 21.0. The van der Waals surface area contributed by atoms with E-state index in [1.54, 1.807) is 7.11 Å². The molecule has 5 rings (SSSR count). The second-order valence-electron chi connectivity index (χ2n) is 10.9. The van der Waals surface area contributed by atoms with E-state index in [-0.39, 0.29) is 5.91 Å². The molecule has 0 spiro atoms. The minimum absolute atomic E-state index is 0.102. The van der Waals surface area contributed by atoms with Crippen molar-refractivity contribution in [2.24, 2.45) is 5.92 Å². The van der Waals surface area contributed by atoms with Gasteiger partial charge in [-0.25, -0.2) is 0 Å². The Hall–Kier alpha value is -3.42. The number of aryl methyl sites for hydroxylation is 1. The number of carbonyl (C=O) groups is 1. The number of pyridine rings is 1. The number of benzene rings is 2. The topological polar surface area (TPSA) is 60.9 Å². The first-order valence-corrected chi connectivity index (χ1v) is 14.2. The molecule has 2 aliphatic heterocycles. The predicted molar refractivity (Wildman–Crippen MR) is 157 cm³/mol. The first kappa shape index (κ1) is 27.2. The SMILES string of the molecule is COc1ccccc1N1CCN([C@@H]2CCN(Cc3cccnc3)C[C@@H]2CCC(=O)Nc2cccc(C)c2)CC1. The van der Waals surface area contributed by atoms with Crippen molar-refractivity contribution in [2.75, 3.05) is 56.6 Å². The number of carbonyl (C=O) groups excluding carboxylic acids is 1. The van der Waals surface area contributed by atoms with Crippen molar-refractivity contribution in [2.45, 2.75) is 38.8 Å². The fraction of sp³-hybridized carbons (Fsp3) is 0.438. The number of ether oxygens (including phenoxy) is 1. The van der Waals surface area contributed by atoms with Gasteiger partial charge in [-0.1, -0.05) is 30.3 Å². The van der Waals surface area contributed by atoms with Gasteiger partial charge in [0.25, 0.3) is 0 Å². The van der Waals surface area contributed by atoms with E-state index >= 15 is 0 Å². The van der Waals surface area contributed by atoms with Gasteiger partial charge in [-0.3, -0.25) is 19.6 Å². The van der Waals surface area contributed by atoms with Crippen LogP contribution in [0.3, 0.4) is 0 Å². The zero-order valence-electron chi connectivity index (χ0n) is 23.3. The van der Waals surface area contributed by atoms with Crippen LogP contribution in [0.1, 0.15) is 30.4 Å². The molecule has 1 N–H and O–H groups in total. The average molecular weight is 528 g/mol. The molecule has 0 unspecified atom stereocenters. The number of hydrogen-bond donors (Lipinski definition) is 1. The van der Waals surface area contributed by atoms with E-state index in [4.69, 9.17) is 4.74 Å². The number of nitrogens with zero attached hydrogens (tertiary/aromatic N) is 4. The van der Waals surface area contributed by atoms with E-state index in [0.717, 1.165) is 75.7 Å². The van der Waals surface area contributed by atoms with Gasteiger partial charge in [0.05, 0.1) is 12.8 Å². The summed E-state index contributed by atoms with van der Waals surface area (Å²) in [6.45, 7) is 9.05. The van der Waals surface area contributed by atoms with Crippen LogP contribution in [0, 0.1) is 12.8 Å². The molecule has 7 heteroatoms. The molecule has 7 nitrogen and oxygen atoms in total. The van der Waals surface area contributed by atoms with Gasteiger partial charge in [0, 0.05) is 69.8 Å². The van der Waals surface area contributed by atoms with Crippen molar-refractivity contribution in [3.63, 3.8) is 0 Å². The van der Waals surface area contributed by atoms with E-state index in [1.807, 2.05) is 61.8 Å². The number of methoxy groups -OCH3 is 1. The van der Waals surface area contributed by atoms with Gasteiger partial charge in [0.2, 0.25) is 5.91 Å². The number of likely N-dealkylation sites (tertiary alicyclic amines) is 1. The lowest BCUT2D eigenvalue weighted by Crippen LogP contribution is -2.56. The highest BCUT2D eigenvalue weighted by molar-refractivity contribution is 5.90. The highest BCUT2D eigenvalue weighted by Crippen LogP contribution is 2.32. The van der Waals surface area contributed by atoms with Crippen LogP contribution in [0.15, 0.2) is 73.1 Å². The number of anilines is 2. The maximum atomic E-state index is 12.9. The number of piperidine rings is 1.